The number of carbonyl (C=O) groups is 1. The van der Waals surface area contributed by atoms with Crippen molar-refractivity contribution in [1.82, 2.24) is 14.3 Å². The normalized spacial score (nSPS) is 17.0. The van der Waals surface area contributed by atoms with E-state index in [9.17, 15) is 30.8 Å². The highest BCUT2D eigenvalue weighted by molar-refractivity contribution is 7.89. The van der Waals surface area contributed by atoms with Crippen LogP contribution in [0.3, 0.4) is 0 Å². The lowest BCUT2D eigenvalue weighted by Gasteiger charge is -2.23. The predicted molar refractivity (Wildman–Crippen MR) is 119 cm³/mol. The molecule has 6 nitrogen and oxygen atoms in total. The van der Waals surface area contributed by atoms with Gasteiger partial charge in [-0.3, -0.25) is 4.79 Å². The third-order valence-corrected chi connectivity index (χ3v) is 7.74. The number of rotatable bonds is 7. The highest BCUT2D eigenvalue weighted by Crippen LogP contribution is 2.31. The van der Waals surface area contributed by atoms with E-state index in [-0.39, 0.29) is 30.1 Å². The molecule has 1 atom stereocenters. The number of hydrogen-bond acceptors (Lipinski definition) is 5. The van der Waals surface area contributed by atoms with Crippen LogP contribution in [0.2, 0.25) is 0 Å². The Kier molecular flexibility index (Phi) is 7.00. The molecule has 2 heterocycles. The monoisotopic (exact) mass is 507 g/mol. The second-order valence-electron chi connectivity index (χ2n) is 8.17. The molecule has 1 saturated heterocycles. The van der Waals surface area contributed by atoms with E-state index in [2.05, 4.69) is 9.97 Å². The molecule has 0 spiro atoms. The Bertz CT molecular complexity index is 1330. The van der Waals surface area contributed by atoms with Gasteiger partial charge in [-0.1, -0.05) is 18.2 Å². The van der Waals surface area contributed by atoms with Gasteiger partial charge in [0.25, 0.3) is 0 Å². The minimum absolute atomic E-state index is 0.0172. The van der Waals surface area contributed by atoms with Crippen LogP contribution in [0.5, 0.6) is 0 Å². The predicted octanol–water partition coefficient (Wildman–Crippen LogP) is 4.66. The van der Waals surface area contributed by atoms with E-state index in [1.54, 1.807) is 6.07 Å². The average Bonchev–Trinajstić information content (AvgIpc) is 3.33. The Morgan fingerprint density at radius 1 is 1.06 bits per heavy atom. The number of hydrogen-bond donors (Lipinski definition) is 0. The molecule has 0 radical (unpaired) electrons. The number of sulfonamides is 1. The lowest BCUT2D eigenvalue weighted by atomic mass is 10.0. The van der Waals surface area contributed by atoms with Crippen LogP contribution in [0.1, 0.15) is 30.5 Å². The van der Waals surface area contributed by atoms with E-state index in [0.29, 0.717) is 29.8 Å². The Hall–Kier alpha value is -3.18. The van der Waals surface area contributed by atoms with Crippen LogP contribution < -0.4 is 0 Å². The molecule has 3 aromatic rings. The summed E-state index contributed by atoms with van der Waals surface area (Å²) >= 11 is 0. The molecule has 1 aliphatic rings. The van der Waals surface area contributed by atoms with Crippen LogP contribution in [0, 0.1) is 5.82 Å². The molecule has 35 heavy (non-hydrogen) atoms. The van der Waals surface area contributed by atoms with Gasteiger partial charge in [-0.2, -0.15) is 17.5 Å². The van der Waals surface area contributed by atoms with Crippen LogP contribution in [0.25, 0.3) is 11.3 Å². The first kappa shape index (κ1) is 24.9. The SMILES string of the molecule is O=C(CCc1cc(-c2ccc(C(F)(F)F)cc2)ncn1)[C@@H]1CCCN1S(=O)(=O)c1cccc(F)c1. The number of ketones is 1. The molecule has 0 saturated carbocycles. The summed E-state index contributed by atoms with van der Waals surface area (Å²) in [4.78, 5) is 21.0. The van der Waals surface area contributed by atoms with Crippen molar-refractivity contribution in [3.63, 3.8) is 0 Å². The van der Waals surface area contributed by atoms with E-state index in [4.69, 9.17) is 0 Å². The van der Waals surface area contributed by atoms with Gasteiger partial charge in [-0.25, -0.2) is 22.8 Å². The number of alkyl halides is 3. The molecular weight excluding hydrogens is 486 g/mol. The summed E-state index contributed by atoms with van der Waals surface area (Å²) in [5.74, 6) is -0.960. The van der Waals surface area contributed by atoms with Crippen molar-refractivity contribution < 1.29 is 30.8 Å². The quantitative estimate of drug-likeness (QED) is 0.435. The average molecular weight is 508 g/mol. The number of aryl methyl sites for hydroxylation is 1. The second-order valence-corrected chi connectivity index (χ2v) is 10.1. The minimum Gasteiger partial charge on any atom is -0.298 e. The fraction of sp³-hybridized carbons (Fsp3) is 0.292. The maximum atomic E-state index is 13.6. The second kappa shape index (κ2) is 9.82. The highest BCUT2D eigenvalue weighted by atomic mass is 32.2. The van der Waals surface area contributed by atoms with Crippen molar-refractivity contribution in [2.45, 2.75) is 42.8 Å². The molecule has 11 heteroatoms. The van der Waals surface area contributed by atoms with Gasteiger partial charge in [0.15, 0.2) is 5.78 Å². The number of halogens is 4. The zero-order valence-electron chi connectivity index (χ0n) is 18.4. The van der Waals surface area contributed by atoms with Gasteiger partial charge in [-0.05, 0) is 55.7 Å². The summed E-state index contributed by atoms with van der Waals surface area (Å²) in [7, 11) is -4.03. The van der Waals surface area contributed by atoms with Crippen LogP contribution in [0.4, 0.5) is 17.6 Å². The first-order chi connectivity index (χ1) is 16.6. The fourth-order valence-corrected chi connectivity index (χ4v) is 5.76. The van der Waals surface area contributed by atoms with Crippen molar-refractivity contribution >= 4 is 15.8 Å². The summed E-state index contributed by atoms with van der Waals surface area (Å²) in [6.07, 6.45) is -2.07. The number of carbonyl (C=O) groups excluding carboxylic acids is 1. The van der Waals surface area contributed by atoms with Crippen molar-refractivity contribution in [3.8, 4) is 11.3 Å². The van der Waals surface area contributed by atoms with E-state index in [0.717, 1.165) is 28.6 Å². The zero-order chi connectivity index (χ0) is 25.2. The molecule has 0 amide bonds. The van der Waals surface area contributed by atoms with E-state index in [1.807, 2.05) is 0 Å². The first-order valence-electron chi connectivity index (χ1n) is 10.8. The lowest BCUT2D eigenvalue weighted by Crippen LogP contribution is -2.40. The Labute approximate surface area is 199 Å². The molecule has 1 aromatic heterocycles. The molecule has 0 aliphatic carbocycles. The molecule has 1 aliphatic heterocycles. The number of aromatic nitrogens is 2. The van der Waals surface area contributed by atoms with Crippen LogP contribution in [0.15, 0.2) is 65.8 Å². The largest absolute Gasteiger partial charge is 0.416 e. The van der Waals surface area contributed by atoms with Gasteiger partial charge < -0.3 is 0 Å². The first-order valence-corrected chi connectivity index (χ1v) is 12.3. The fourth-order valence-electron chi connectivity index (χ4n) is 4.05. The highest BCUT2D eigenvalue weighted by Gasteiger charge is 2.39. The third kappa shape index (κ3) is 5.57. The van der Waals surface area contributed by atoms with Crippen molar-refractivity contribution in [2.75, 3.05) is 6.54 Å². The summed E-state index contributed by atoms with van der Waals surface area (Å²) in [6.45, 7) is 0.167. The summed E-state index contributed by atoms with van der Waals surface area (Å²) in [5, 5.41) is 0. The van der Waals surface area contributed by atoms with Crippen molar-refractivity contribution in [2.24, 2.45) is 0 Å². The Morgan fingerprint density at radius 2 is 1.80 bits per heavy atom. The molecular formula is C24H21F4N3O3S. The standard InChI is InChI=1S/C24H21F4N3O3S/c25-18-3-1-4-20(13-18)35(33,34)31-12-2-5-22(31)23(32)11-10-19-14-21(30-15-29-19)16-6-8-17(9-7-16)24(26,27)28/h1,3-4,6-9,13-15,22H,2,5,10-12H2/t22-/m0/s1. The minimum atomic E-state index is -4.44. The molecule has 0 unspecified atom stereocenters. The van der Waals surface area contributed by atoms with E-state index in [1.165, 1.54) is 30.6 Å². The molecule has 0 N–H and O–H groups in total. The topological polar surface area (TPSA) is 80.2 Å². The van der Waals surface area contributed by atoms with Gasteiger partial charge in [-0.15, -0.1) is 0 Å². The molecule has 2 aromatic carbocycles. The molecule has 0 bridgehead atoms. The third-order valence-electron chi connectivity index (χ3n) is 5.84. The van der Waals surface area contributed by atoms with Crippen LogP contribution in [-0.4, -0.2) is 41.1 Å². The van der Waals surface area contributed by atoms with Crippen molar-refractivity contribution in [3.05, 3.63) is 78.0 Å². The van der Waals surface area contributed by atoms with Gasteiger partial charge in [0, 0.05) is 24.2 Å². The van der Waals surface area contributed by atoms with Gasteiger partial charge in [0.1, 0.15) is 12.1 Å². The number of benzene rings is 2. The molecule has 184 valence electrons. The summed E-state index contributed by atoms with van der Waals surface area (Å²) < 4.78 is 79.0. The maximum Gasteiger partial charge on any atom is 0.416 e. The summed E-state index contributed by atoms with van der Waals surface area (Å²) in [5.41, 5.74) is 0.611. The number of Topliss-reactive ketones (excluding diaryl/α,β-unsaturated/α-hetero) is 1. The van der Waals surface area contributed by atoms with E-state index < -0.39 is 33.6 Å². The van der Waals surface area contributed by atoms with Gasteiger partial charge in [0.2, 0.25) is 10.0 Å². The van der Waals surface area contributed by atoms with Crippen molar-refractivity contribution in [1.29, 1.82) is 0 Å². The Balaban J connectivity index is 1.45. The van der Waals surface area contributed by atoms with E-state index >= 15 is 0 Å². The van der Waals surface area contributed by atoms with Gasteiger partial charge in [0.05, 0.1) is 22.2 Å². The Morgan fingerprint density at radius 3 is 2.49 bits per heavy atom. The lowest BCUT2D eigenvalue weighted by molar-refractivity contribution is -0.137. The molecule has 4 rings (SSSR count). The molecule has 1 fully saturated rings. The summed E-state index contributed by atoms with van der Waals surface area (Å²) in [6, 6.07) is 9.97. The van der Waals surface area contributed by atoms with Crippen LogP contribution >= 0.6 is 0 Å². The maximum absolute atomic E-state index is 13.6. The zero-order valence-corrected chi connectivity index (χ0v) is 19.2. The number of nitrogens with zero attached hydrogens (tertiary/aromatic N) is 3. The van der Waals surface area contributed by atoms with Crippen LogP contribution in [-0.2, 0) is 27.4 Å². The van der Waals surface area contributed by atoms with Gasteiger partial charge >= 0.3 is 6.18 Å². The smallest absolute Gasteiger partial charge is 0.298 e.